The number of ether oxygens (including phenoxy) is 1. The molecular formula is C31H56N4O7. The van der Waals surface area contributed by atoms with E-state index in [1.165, 1.54) is 18.7 Å². The normalized spacial score (nSPS) is 20.0. The van der Waals surface area contributed by atoms with Crippen LogP contribution in [-0.4, -0.2) is 88.9 Å². The Labute approximate surface area is 252 Å². The Morgan fingerprint density at radius 2 is 1.36 bits per heavy atom. The van der Waals surface area contributed by atoms with Gasteiger partial charge in [-0.2, -0.15) is 0 Å². The molecule has 1 unspecified atom stereocenters. The van der Waals surface area contributed by atoms with Gasteiger partial charge >= 0.3 is 0 Å². The second kappa shape index (κ2) is 16.9. The molecule has 242 valence electrons. The van der Waals surface area contributed by atoms with Gasteiger partial charge in [-0.15, -0.1) is 0 Å². The van der Waals surface area contributed by atoms with Crippen LogP contribution in [0.15, 0.2) is 0 Å². The molecule has 4 N–H and O–H groups in total. The lowest BCUT2D eigenvalue weighted by Gasteiger charge is -2.32. The average molecular weight is 597 g/mol. The number of nitrogens with one attached hydrogen (secondary N) is 3. The van der Waals surface area contributed by atoms with E-state index in [1.807, 2.05) is 13.8 Å². The summed E-state index contributed by atoms with van der Waals surface area (Å²) in [5, 5.41) is 18.2. The van der Waals surface area contributed by atoms with Crippen molar-refractivity contribution < 1.29 is 33.8 Å². The van der Waals surface area contributed by atoms with Gasteiger partial charge in [0.2, 0.25) is 23.6 Å². The highest BCUT2D eigenvalue weighted by molar-refractivity contribution is 5.98. The van der Waals surface area contributed by atoms with Crippen LogP contribution in [0.25, 0.3) is 0 Å². The summed E-state index contributed by atoms with van der Waals surface area (Å²) in [6.07, 6.45) is 3.37. The summed E-state index contributed by atoms with van der Waals surface area (Å²) in [5.74, 6) is -1.88. The van der Waals surface area contributed by atoms with E-state index in [2.05, 4.69) is 29.8 Å². The first kappa shape index (κ1) is 37.5. The minimum Gasteiger partial charge on any atom is -0.391 e. The summed E-state index contributed by atoms with van der Waals surface area (Å²) in [6.45, 7) is 16.6. The Kier molecular flexibility index (Phi) is 15.1. The van der Waals surface area contributed by atoms with Crippen LogP contribution in [-0.2, 0) is 28.7 Å². The van der Waals surface area contributed by atoms with Gasteiger partial charge in [-0.05, 0) is 51.4 Å². The molecule has 0 aromatic heterocycles. The Morgan fingerprint density at radius 1 is 0.810 bits per heavy atom. The van der Waals surface area contributed by atoms with Crippen molar-refractivity contribution in [2.75, 3.05) is 13.7 Å². The van der Waals surface area contributed by atoms with Crippen molar-refractivity contribution in [3.63, 3.8) is 0 Å². The highest BCUT2D eigenvalue weighted by Gasteiger charge is 2.49. The van der Waals surface area contributed by atoms with Crippen molar-refractivity contribution >= 4 is 29.4 Å². The standard InChI is InChI=1S/C31H56N4O7/c1-18(2)14-12-11-13-15-24(37)35(10)23(16-19(3)4)28(39)33-25(20(5)6)29(40)34-26(22(8)36)30(41)32-21(7)27(38)31(9)17-42-31/h18-23,25-26,36H,11-17H2,1-10H3,(H,32,41)(H,33,39)(H,34,40)/t21-,22+,23-,25-,26-,31?/m0/s1. The van der Waals surface area contributed by atoms with Crippen LogP contribution in [0.2, 0.25) is 0 Å². The summed E-state index contributed by atoms with van der Waals surface area (Å²) in [6, 6.07) is -4.04. The number of hydrogen-bond donors (Lipinski definition) is 4. The van der Waals surface area contributed by atoms with Crippen LogP contribution in [0, 0.1) is 17.8 Å². The van der Waals surface area contributed by atoms with Crippen molar-refractivity contribution in [2.24, 2.45) is 17.8 Å². The first-order valence-electron chi connectivity index (χ1n) is 15.4. The third kappa shape index (κ3) is 12.0. The number of carbonyl (C=O) groups excluding carboxylic acids is 5. The number of aliphatic hydroxyl groups is 1. The third-order valence-electron chi connectivity index (χ3n) is 7.69. The molecule has 1 fully saturated rings. The minimum atomic E-state index is -1.36. The van der Waals surface area contributed by atoms with Crippen molar-refractivity contribution in [3.05, 3.63) is 0 Å². The van der Waals surface area contributed by atoms with Crippen molar-refractivity contribution in [1.29, 1.82) is 0 Å². The zero-order chi connectivity index (χ0) is 32.4. The molecule has 4 amide bonds. The number of likely N-dealkylation sites (N-methyl/N-ethyl adjacent to an activating group) is 1. The van der Waals surface area contributed by atoms with E-state index in [4.69, 9.17) is 4.74 Å². The molecule has 0 saturated carbocycles. The predicted octanol–water partition coefficient (Wildman–Crippen LogP) is 2.34. The molecule has 0 bridgehead atoms. The molecular weight excluding hydrogens is 540 g/mol. The average Bonchev–Trinajstić information content (AvgIpc) is 3.64. The molecule has 0 aliphatic carbocycles. The lowest BCUT2D eigenvalue weighted by Crippen LogP contribution is -2.61. The number of epoxide rings is 1. The number of ketones is 1. The van der Waals surface area contributed by atoms with Gasteiger partial charge < -0.3 is 30.7 Å². The van der Waals surface area contributed by atoms with Crippen LogP contribution in [0.5, 0.6) is 0 Å². The zero-order valence-electron chi connectivity index (χ0n) is 27.4. The summed E-state index contributed by atoms with van der Waals surface area (Å²) in [5.41, 5.74) is -0.932. The summed E-state index contributed by atoms with van der Waals surface area (Å²) >= 11 is 0. The highest BCUT2D eigenvalue weighted by Crippen LogP contribution is 2.28. The predicted molar refractivity (Wildman–Crippen MR) is 161 cm³/mol. The Bertz CT molecular complexity index is 930. The van der Waals surface area contributed by atoms with Gasteiger partial charge in [0.15, 0.2) is 5.78 Å². The smallest absolute Gasteiger partial charge is 0.245 e. The molecule has 1 heterocycles. The Balaban J connectivity index is 2.92. The van der Waals surface area contributed by atoms with Crippen LogP contribution < -0.4 is 16.0 Å². The van der Waals surface area contributed by atoms with E-state index in [1.54, 1.807) is 27.8 Å². The fourth-order valence-corrected chi connectivity index (χ4v) is 4.75. The first-order chi connectivity index (χ1) is 19.4. The van der Waals surface area contributed by atoms with E-state index in [0.717, 1.165) is 25.7 Å². The molecule has 1 aliphatic heterocycles. The van der Waals surface area contributed by atoms with Gasteiger partial charge in [-0.3, -0.25) is 24.0 Å². The van der Waals surface area contributed by atoms with Crippen molar-refractivity contribution in [3.8, 4) is 0 Å². The van der Waals surface area contributed by atoms with Crippen LogP contribution in [0.3, 0.4) is 0 Å². The van der Waals surface area contributed by atoms with Crippen LogP contribution in [0.1, 0.15) is 101 Å². The molecule has 0 radical (unpaired) electrons. The number of rotatable bonds is 19. The van der Waals surface area contributed by atoms with Crippen molar-refractivity contribution in [2.45, 2.75) is 137 Å². The number of carbonyl (C=O) groups is 5. The lowest BCUT2D eigenvalue weighted by atomic mass is 9.98. The van der Waals surface area contributed by atoms with E-state index in [9.17, 15) is 29.1 Å². The summed E-state index contributed by atoms with van der Waals surface area (Å²) in [7, 11) is 1.62. The number of Topliss-reactive ketones (excluding diaryl/α,β-unsaturated/α-hetero) is 1. The molecule has 0 aromatic carbocycles. The molecule has 11 heteroatoms. The molecule has 0 aromatic rings. The third-order valence-corrected chi connectivity index (χ3v) is 7.69. The van der Waals surface area contributed by atoms with Gasteiger partial charge in [0, 0.05) is 13.5 Å². The summed E-state index contributed by atoms with van der Waals surface area (Å²) in [4.78, 5) is 66.7. The molecule has 42 heavy (non-hydrogen) atoms. The van der Waals surface area contributed by atoms with Crippen LogP contribution >= 0.6 is 0 Å². The molecule has 1 saturated heterocycles. The molecule has 0 spiro atoms. The number of hydrogen-bond acceptors (Lipinski definition) is 7. The number of unbranched alkanes of at least 4 members (excludes halogenated alkanes) is 2. The first-order valence-corrected chi connectivity index (χ1v) is 15.4. The van der Waals surface area contributed by atoms with Gasteiger partial charge in [0.05, 0.1) is 18.8 Å². The van der Waals surface area contributed by atoms with Gasteiger partial charge in [-0.25, -0.2) is 0 Å². The molecule has 11 nitrogen and oxygen atoms in total. The zero-order valence-corrected chi connectivity index (χ0v) is 27.4. The quantitative estimate of drug-likeness (QED) is 0.132. The highest BCUT2D eigenvalue weighted by atomic mass is 16.6. The van der Waals surface area contributed by atoms with Gasteiger partial charge in [0.1, 0.15) is 23.7 Å². The van der Waals surface area contributed by atoms with E-state index in [0.29, 0.717) is 18.8 Å². The van der Waals surface area contributed by atoms with E-state index < -0.39 is 53.6 Å². The van der Waals surface area contributed by atoms with Crippen molar-refractivity contribution in [1.82, 2.24) is 20.9 Å². The maximum absolute atomic E-state index is 13.5. The Morgan fingerprint density at radius 3 is 1.83 bits per heavy atom. The fourth-order valence-electron chi connectivity index (χ4n) is 4.75. The van der Waals surface area contributed by atoms with Gasteiger partial charge in [-0.1, -0.05) is 60.8 Å². The molecule has 6 atom stereocenters. The summed E-state index contributed by atoms with van der Waals surface area (Å²) < 4.78 is 5.15. The second-order valence-corrected chi connectivity index (χ2v) is 13.2. The van der Waals surface area contributed by atoms with E-state index in [-0.39, 0.29) is 30.1 Å². The monoisotopic (exact) mass is 596 g/mol. The molecule has 1 rings (SSSR count). The van der Waals surface area contributed by atoms with E-state index >= 15 is 0 Å². The van der Waals surface area contributed by atoms with Crippen LogP contribution in [0.4, 0.5) is 0 Å². The number of aliphatic hydroxyl groups excluding tert-OH is 1. The topological polar surface area (TPSA) is 157 Å². The maximum atomic E-state index is 13.5. The Hall–Kier alpha value is -2.53. The molecule has 1 aliphatic rings. The lowest BCUT2D eigenvalue weighted by molar-refractivity contribution is -0.141. The second-order valence-electron chi connectivity index (χ2n) is 13.2. The fraction of sp³-hybridized carbons (Fsp3) is 0.839. The SMILES string of the molecule is CC(C)CCCCCC(=O)N(C)[C@@H](CC(C)C)C(=O)N[C@H](C(=O)N[C@H](C(=O)N[C@@H](C)C(=O)C1(C)CO1)[C@@H](C)O)C(C)C. The largest absolute Gasteiger partial charge is 0.391 e. The minimum absolute atomic E-state index is 0.115. The maximum Gasteiger partial charge on any atom is 0.245 e. The number of nitrogens with zero attached hydrogens (tertiary/aromatic N) is 1. The number of amides is 4. The van der Waals surface area contributed by atoms with Gasteiger partial charge in [0.25, 0.3) is 0 Å².